The smallest absolute Gasteiger partial charge is 0.169 e. The van der Waals surface area contributed by atoms with Crippen LogP contribution in [0.5, 0.6) is 0 Å². The molecule has 1 saturated carbocycles. The first-order chi connectivity index (χ1) is 5.83. The summed E-state index contributed by atoms with van der Waals surface area (Å²) in [5, 5.41) is 4.15. The van der Waals surface area contributed by atoms with Crippen LogP contribution in [0.1, 0.15) is 35.8 Å². The summed E-state index contributed by atoms with van der Waals surface area (Å²) in [4.78, 5) is 10.7. The Kier molecular flexibility index (Phi) is 2.00. The average Bonchev–Trinajstić information content (AvgIpc) is 2.29. The van der Waals surface area contributed by atoms with E-state index in [9.17, 15) is 4.79 Å². The Morgan fingerprint density at radius 2 is 2.42 bits per heavy atom. The molecule has 0 amide bonds. The fraction of sp³-hybridized carbons (Fsp3) is 0.500. The van der Waals surface area contributed by atoms with Gasteiger partial charge in [0.15, 0.2) is 6.29 Å². The van der Waals surface area contributed by atoms with Gasteiger partial charge in [-0.05, 0) is 35.2 Å². The van der Waals surface area contributed by atoms with Crippen molar-refractivity contribution in [3.63, 3.8) is 0 Å². The topological polar surface area (TPSA) is 34.9 Å². The molecule has 0 aliphatic heterocycles. The maximum absolute atomic E-state index is 10.7. The minimum absolute atomic E-state index is 0.455. The van der Waals surface area contributed by atoms with Gasteiger partial charge in [0.2, 0.25) is 0 Å². The second kappa shape index (κ2) is 3.01. The van der Waals surface area contributed by atoms with Crippen LogP contribution in [0.2, 0.25) is 0 Å². The van der Waals surface area contributed by atoms with Gasteiger partial charge in [-0.2, -0.15) is 5.10 Å². The number of hydrogen-bond acceptors (Lipinski definition) is 2. The molecule has 2 rings (SSSR count). The Morgan fingerprint density at radius 3 is 2.92 bits per heavy atom. The van der Waals surface area contributed by atoms with Crippen molar-refractivity contribution in [3.05, 3.63) is 16.4 Å². The van der Waals surface area contributed by atoms with Gasteiger partial charge in [-0.3, -0.25) is 9.48 Å². The van der Waals surface area contributed by atoms with Gasteiger partial charge in [0, 0.05) is 0 Å². The number of nitrogens with zero attached hydrogens (tertiary/aromatic N) is 2. The molecule has 4 heteroatoms. The summed E-state index contributed by atoms with van der Waals surface area (Å²) in [6.45, 7) is 0. The van der Waals surface area contributed by atoms with Gasteiger partial charge in [-0.1, -0.05) is 0 Å². The lowest BCUT2D eigenvalue weighted by Gasteiger charge is -2.26. The normalized spacial score (nSPS) is 17.4. The molecule has 0 unspecified atom stereocenters. The minimum Gasteiger partial charge on any atom is -0.296 e. The molecule has 0 N–H and O–H groups in total. The van der Waals surface area contributed by atoms with Crippen LogP contribution in [0.25, 0.3) is 0 Å². The molecule has 0 saturated heterocycles. The van der Waals surface area contributed by atoms with Crippen molar-refractivity contribution in [2.45, 2.75) is 25.3 Å². The van der Waals surface area contributed by atoms with E-state index >= 15 is 0 Å². The third kappa shape index (κ3) is 1.10. The fourth-order valence-corrected chi connectivity index (χ4v) is 1.75. The molecule has 0 spiro atoms. The molecular weight excluding hydrogens is 220 g/mol. The molecule has 3 nitrogen and oxygen atoms in total. The molecule has 0 aromatic carbocycles. The lowest BCUT2D eigenvalue weighted by Crippen LogP contribution is -2.20. The average molecular weight is 229 g/mol. The van der Waals surface area contributed by atoms with Crippen LogP contribution in [0.3, 0.4) is 0 Å². The Morgan fingerprint density at radius 1 is 1.67 bits per heavy atom. The molecule has 1 heterocycles. The summed E-state index contributed by atoms with van der Waals surface area (Å²) in [6, 6.07) is 0.455. The first-order valence-electron chi connectivity index (χ1n) is 4.01. The first-order valence-corrected chi connectivity index (χ1v) is 4.80. The van der Waals surface area contributed by atoms with E-state index in [-0.39, 0.29) is 0 Å². The highest BCUT2D eigenvalue weighted by atomic mass is 79.9. The van der Waals surface area contributed by atoms with Crippen LogP contribution in [0.4, 0.5) is 0 Å². The summed E-state index contributed by atoms with van der Waals surface area (Å²) < 4.78 is 2.62. The summed E-state index contributed by atoms with van der Waals surface area (Å²) in [5.41, 5.74) is 0.666. The Hall–Kier alpha value is -0.640. The van der Waals surface area contributed by atoms with Crippen molar-refractivity contribution in [2.75, 3.05) is 0 Å². The second-order valence-corrected chi connectivity index (χ2v) is 3.88. The zero-order valence-corrected chi connectivity index (χ0v) is 8.12. The van der Waals surface area contributed by atoms with Crippen molar-refractivity contribution >= 4 is 22.2 Å². The predicted molar refractivity (Wildman–Crippen MR) is 48.2 cm³/mol. The van der Waals surface area contributed by atoms with Gasteiger partial charge in [0.25, 0.3) is 0 Å². The van der Waals surface area contributed by atoms with Gasteiger partial charge in [0.05, 0.1) is 16.7 Å². The molecule has 1 aromatic heterocycles. The van der Waals surface area contributed by atoms with Crippen LogP contribution >= 0.6 is 15.9 Å². The van der Waals surface area contributed by atoms with Gasteiger partial charge < -0.3 is 0 Å². The van der Waals surface area contributed by atoms with Crippen LogP contribution in [0, 0.1) is 0 Å². The molecule has 1 aliphatic carbocycles. The maximum Gasteiger partial charge on any atom is 0.169 e. The van der Waals surface area contributed by atoms with E-state index in [0.29, 0.717) is 11.7 Å². The molecule has 64 valence electrons. The highest BCUT2D eigenvalue weighted by Gasteiger charge is 2.23. The fourth-order valence-electron chi connectivity index (χ4n) is 1.38. The first kappa shape index (κ1) is 7.98. The number of carbonyl (C=O) groups excluding carboxylic acids is 1. The Bertz CT molecular complexity index is 304. The van der Waals surface area contributed by atoms with E-state index in [4.69, 9.17) is 0 Å². The molecule has 1 fully saturated rings. The number of aldehydes is 1. The van der Waals surface area contributed by atoms with E-state index in [2.05, 4.69) is 21.0 Å². The van der Waals surface area contributed by atoms with E-state index in [0.717, 1.165) is 23.6 Å². The van der Waals surface area contributed by atoms with Gasteiger partial charge in [-0.15, -0.1) is 0 Å². The number of hydrogen-bond donors (Lipinski definition) is 0. The third-order valence-corrected chi connectivity index (χ3v) is 2.93. The third-order valence-electron chi connectivity index (χ3n) is 2.32. The highest BCUT2D eigenvalue weighted by molar-refractivity contribution is 9.10. The largest absolute Gasteiger partial charge is 0.296 e. The zero-order valence-electron chi connectivity index (χ0n) is 6.53. The zero-order chi connectivity index (χ0) is 8.55. The minimum atomic E-state index is 0.455. The molecule has 1 aromatic rings. The SMILES string of the molecule is O=Cc1c(Br)cnn1C1CCC1. The van der Waals surface area contributed by atoms with E-state index in [1.807, 2.05) is 4.68 Å². The maximum atomic E-state index is 10.7. The van der Waals surface area contributed by atoms with Gasteiger partial charge in [0.1, 0.15) is 5.69 Å². The van der Waals surface area contributed by atoms with Crippen LogP contribution < -0.4 is 0 Å². The lowest BCUT2D eigenvalue weighted by atomic mass is 9.93. The second-order valence-electron chi connectivity index (χ2n) is 3.02. The van der Waals surface area contributed by atoms with Crippen molar-refractivity contribution in [1.82, 2.24) is 9.78 Å². The van der Waals surface area contributed by atoms with Crippen LogP contribution in [-0.2, 0) is 0 Å². The summed E-state index contributed by atoms with van der Waals surface area (Å²) in [6.07, 6.45) is 6.09. The summed E-state index contributed by atoms with van der Waals surface area (Å²) in [5.74, 6) is 0. The summed E-state index contributed by atoms with van der Waals surface area (Å²) in [7, 11) is 0. The lowest BCUT2D eigenvalue weighted by molar-refractivity contribution is 0.110. The predicted octanol–water partition coefficient (Wildman–Crippen LogP) is 2.18. The Labute approximate surface area is 78.9 Å². The molecule has 0 atom stereocenters. The number of carbonyl (C=O) groups is 1. The number of rotatable bonds is 2. The standard InChI is InChI=1S/C8H9BrN2O/c9-7-4-10-11(8(7)5-12)6-2-1-3-6/h4-6H,1-3H2. The van der Waals surface area contributed by atoms with E-state index in [1.54, 1.807) is 6.20 Å². The van der Waals surface area contributed by atoms with Crippen LogP contribution in [0.15, 0.2) is 10.7 Å². The monoisotopic (exact) mass is 228 g/mol. The van der Waals surface area contributed by atoms with E-state index in [1.165, 1.54) is 6.42 Å². The number of aromatic nitrogens is 2. The highest BCUT2D eigenvalue weighted by Crippen LogP contribution is 2.32. The molecule has 0 radical (unpaired) electrons. The van der Waals surface area contributed by atoms with Crippen LogP contribution in [-0.4, -0.2) is 16.1 Å². The number of halogens is 1. The molecular formula is C8H9BrN2O. The molecule has 1 aliphatic rings. The van der Waals surface area contributed by atoms with Crippen molar-refractivity contribution in [3.8, 4) is 0 Å². The van der Waals surface area contributed by atoms with Crippen molar-refractivity contribution in [2.24, 2.45) is 0 Å². The Balaban J connectivity index is 2.35. The quantitative estimate of drug-likeness (QED) is 0.728. The summed E-state index contributed by atoms with van der Waals surface area (Å²) >= 11 is 3.28. The molecule has 0 bridgehead atoms. The molecule has 12 heavy (non-hydrogen) atoms. The van der Waals surface area contributed by atoms with Gasteiger partial charge >= 0.3 is 0 Å². The van der Waals surface area contributed by atoms with Gasteiger partial charge in [-0.25, -0.2) is 0 Å². The van der Waals surface area contributed by atoms with E-state index < -0.39 is 0 Å². The van der Waals surface area contributed by atoms with Crippen molar-refractivity contribution < 1.29 is 4.79 Å². The van der Waals surface area contributed by atoms with Crippen molar-refractivity contribution in [1.29, 1.82) is 0 Å².